The number of aliphatic hydroxyl groups is 2. The van der Waals surface area contributed by atoms with Crippen LogP contribution in [0.5, 0.6) is 0 Å². The Bertz CT molecular complexity index is 1250. The molecule has 0 aliphatic carbocycles. The van der Waals surface area contributed by atoms with E-state index in [1.165, 1.54) is 18.4 Å². The van der Waals surface area contributed by atoms with Gasteiger partial charge < -0.3 is 10.2 Å². The monoisotopic (exact) mass is 477 g/mol. The topological polar surface area (TPSA) is 105 Å². The van der Waals surface area contributed by atoms with Crippen LogP contribution in [0.4, 0.5) is 13.2 Å². The van der Waals surface area contributed by atoms with Gasteiger partial charge in [-0.15, -0.1) is 0 Å². The van der Waals surface area contributed by atoms with Crippen LogP contribution in [0, 0.1) is 6.92 Å². The first-order chi connectivity index (χ1) is 14.0. The summed E-state index contributed by atoms with van der Waals surface area (Å²) >= 11 is 1.12. The van der Waals surface area contributed by atoms with E-state index in [0.29, 0.717) is 27.4 Å². The predicted octanol–water partition coefficient (Wildman–Crippen LogP) is 3.56. The summed E-state index contributed by atoms with van der Waals surface area (Å²) in [5.74, 6) is 0. The molecule has 0 radical (unpaired) electrons. The molecule has 31 heavy (non-hydrogen) atoms. The Hall–Kier alpha value is -2.02. The number of hydrogen-bond donors (Lipinski definition) is 2. The van der Waals surface area contributed by atoms with E-state index in [-0.39, 0.29) is 5.56 Å². The maximum absolute atomic E-state index is 13.6. The molecule has 1 aromatic carbocycles. The van der Waals surface area contributed by atoms with Crippen LogP contribution in [0.3, 0.4) is 0 Å². The molecule has 0 saturated carbocycles. The summed E-state index contributed by atoms with van der Waals surface area (Å²) in [6, 6.07) is 2.81. The lowest BCUT2D eigenvalue weighted by molar-refractivity contribution is -0.139. The van der Waals surface area contributed by atoms with Gasteiger partial charge in [0.05, 0.1) is 33.2 Å². The first kappa shape index (κ1) is 23.6. The fourth-order valence-corrected chi connectivity index (χ4v) is 5.40. The van der Waals surface area contributed by atoms with Crippen molar-refractivity contribution in [1.82, 2.24) is 14.6 Å². The molecule has 0 atom stereocenters. The van der Waals surface area contributed by atoms with E-state index >= 15 is 0 Å². The van der Waals surface area contributed by atoms with Gasteiger partial charge in [-0.1, -0.05) is 17.4 Å². The lowest BCUT2D eigenvalue weighted by Gasteiger charge is -2.24. The smallest absolute Gasteiger partial charge is 0.395 e. The number of benzene rings is 1. The highest BCUT2D eigenvalue weighted by molar-refractivity contribution is 7.92. The third-order valence-corrected chi connectivity index (χ3v) is 8.58. The van der Waals surface area contributed by atoms with Crippen molar-refractivity contribution in [1.29, 1.82) is 0 Å². The normalized spacial score (nSPS) is 13.9. The van der Waals surface area contributed by atoms with Crippen molar-refractivity contribution in [3.05, 3.63) is 34.5 Å². The molecule has 170 valence electrons. The number of aliphatic hydroxyl groups excluding tert-OH is 1. The zero-order valence-corrected chi connectivity index (χ0v) is 19.1. The zero-order valence-electron chi connectivity index (χ0n) is 17.4. The second kappa shape index (κ2) is 7.26. The minimum absolute atomic E-state index is 0.165. The van der Waals surface area contributed by atoms with Crippen LogP contribution in [0.2, 0.25) is 0 Å². The number of rotatable bonds is 5. The molecule has 2 N–H and O–H groups in total. The van der Waals surface area contributed by atoms with Gasteiger partial charge in [-0.25, -0.2) is 17.9 Å². The number of aromatic nitrogens is 3. The number of alkyl halides is 3. The number of halogens is 3. The first-order valence-electron chi connectivity index (χ1n) is 9.17. The number of sulfone groups is 1. The highest BCUT2D eigenvalue weighted by atomic mass is 32.2. The Morgan fingerprint density at radius 3 is 2.29 bits per heavy atom. The summed E-state index contributed by atoms with van der Waals surface area (Å²) in [6.07, 6.45) is -4.91. The quantitative estimate of drug-likeness (QED) is 0.582. The van der Waals surface area contributed by atoms with Gasteiger partial charge in [0.25, 0.3) is 0 Å². The summed E-state index contributed by atoms with van der Waals surface area (Å²) in [7, 11) is -4.56. The fourth-order valence-electron chi connectivity index (χ4n) is 2.94. The van der Waals surface area contributed by atoms with E-state index in [4.69, 9.17) is 0 Å². The molecule has 0 bridgehead atoms. The highest BCUT2D eigenvalue weighted by Crippen LogP contribution is 2.40. The Labute approximate surface area is 181 Å². The van der Waals surface area contributed by atoms with Gasteiger partial charge in [-0.3, -0.25) is 0 Å². The van der Waals surface area contributed by atoms with Crippen molar-refractivity contribution in [2.45, 2.75) is 56.0 Å². The van der Waals surface area contributed by atoms with E-state index in [1.807, 2.05) is 0 Å². The number of aryl methyl sites for hydroxylation is 1. The van der Waals surface area contributed by atoms with Gasteiger partial charge in [-0.05, 0) is 46.8 Å². The maximum atomic E-state index is 13.6. The third kappa shape index (κ3) is 3.97. The van der Waals surface area contributed by atoms with Crippen LogP contribution in [0.25, 0.3) is 16.2 Å². The Balaban J connectivity index is 2.32. The minimum atomic E-state index is -4.91. The summed E-state index contributed by atoms with van der Waals surface area (Å²) in [6.45, 7) is 6.17. The molecule has 0 unspecified atom stereocenters. The van der Waals surface area contributed by atoms with Crippen molar-refractivity contribution in [3.63, 3.8) is 0 Å². The lowest BCUT2D eigenvalue weighted by atomic mass is 10.1. The second-order valence-corrected chi connectivity index (χ2v) is 11.8. The van der Waals surface area contributed by atoms with Crippen LogP contribution in [0.15, 0.2) is 23.1 Å². The minimum Gasteiger partial charge on any atom is -0.395 e. The number of fused-ring (bicyclic) bond motifs is 1. The van der Waals surface area contributed by atoms with Crippen LogP contribution in [0.1, 0.15) is 44.0 Å². The predicted molar refractivity (Wildman–Crippen MR) is 110 cm³/mol. The molecule has 0 aliphatic heterocycles. The van der Waals surface area contributed by atoms with Crippen LogP contribution >= 0.6 is 11.3 Å². The van der Waals surface area contributed by atoms with E-state index in [9.17, 15) is 31.8 Å². The van der Waals surface area contributed by atoms with Gasteiger partial charge in [-0.2, -0.15) is 18.3 Å². The van der Waals surface area contributed by atoms with Gasteiger partial charge >= 0.3 is 6.18 Å². The van der Waals surface area contributed by atoms with Crippen molar-refractivity contribution >= 4 is 26.1 Å². The van der Waals surface area contributed by atoms with Crippen molar-refractivity contribution in [2.75, 3.05) is 6.61 Å². The molecule has 0 amide bonds. The van der Waals surface area contributed by atoms with Gasteiger partial charge in [0, 0.05) is 5.56 Å². The van der Waals surface area contributed by atoms with E-state index < -0.39 is 43.4 Å². The standard InChI is InChI=1S/C19H22F3N3O4S2/c1-10-14(25-16(23-10)30-15(24-25)18(4,5)27)11-6-7-12(19(20,21)22)13(8-11)31(28,29)17(2,3)9-26/h6-8,26-27H,9H2,1-5H3. The molecule has 3 aromatic rings. The summed E-state index contributed by atoms with van der Waals surface area (Å²) in [5.41, 5.74) is -1.65. The maximum Gasteiger partial charge on any atom is 0.417 e. The summed E-state index contributed by atoms with van der Waals surface area (Å²) < 4.78 is 66.5. The highest BCUT2D eigenvalue weighted by Gasteiger charge is 2.43. The molecule has 3 rings (SSSR count). The van der Waals surface area contributed by atoms with Gasteiger partial charge in [0.2, 0.25) is 4.96 Å². The Morgan fingerprint density at radius 2 is 1.77 bits per heavy atom. The average molecular weight is 478 g/mol. The third-order valence-electron chi connectivity index (χ3n) is 4.86. The molecule has 0 spiro atoms. The largest absolute Gasteiger partial charge is 0.417 e. The number of nitrogens with zero attached hydrogens (tertiary/aromatic N) is 3. The summed E-state index contributed by atoms with van der Waals surface area (Å²) in [4.78, 5) is 3.83. The molecule has 2 heterocycles. The molecule has 2 aromatic heterocycles. The van der Waals surface area contributed by atoms with Crippen LogP contribution < -0.4 is 0 Å². The zero-order chi connectivity index (χ0) is 23.6. The SMILES string of the molecule is Cc1nc2sc(C(C)(C)O)nn2c1-c1ccc(C(F)(F)F)c(S(=O)(=O)C(C)(C)CO)c1. The first-order valence-corrected chi connectivity index (χ1v) is 11.5. The molecule has 7 nitrogen and oxygen atoms in total. The van der Waals surface area contributed by atoms with E-state index in [0.717, 1.165) is 37.3 Å². The summed E-state index contributed by atoms with van der Waals surface area (Å²) in [5, 5.41) is 24.4. The van der Waals surface area contributed by atoms with E-state index in [2.05, 4.69) is 10.1 Å². The van der Waals surface area contributed by atoms with Crippen molar-refractivity contribution in [3.8, 4) is 11.3 Å². The Morgan fingerprint density at radius 1 is 1.16 bits per heavy atom. The van der Waals surface area contributed by atoms with E-state index in [1.54, 1.807) is 6.92 Å². The molecule has 12 heteroatoms. The Kier molecular flexibility index (Phi) is 5.53. The van der Waals surface area contributed by atoms with Crippen molar-refractivity contribution < 1.29 is 31.8 Å². The molecule has 0 saturated heterocycles. The number of imidazole rings is 1. The van der Waals surface area contributed by atoms with Gasteiger partial charge in [0.15, 0.2) is 9.84 Å². The van der Waals surface area contributed by atoms with Crippen LogP contribution in [-0.2, 0) is 21.6 Å². The molecular formula is C19H22F3N3O4S2. The lowest BCUT2D eigenvalue weighted by Crippen LogP contribution is -2.37. The molecule has 0 aliphatic rings. The fraction of sp³-hybridized carbons (Fsp3) is 0.474. The number of hydrogen-bond acceptors (Lipinski definition) is 7. The van der Waals surface area contributed by atoms with Crippen LogP contribution in [-0.4, -0.2) is 44.6 Å². The average Bonchev–Trinajstić information content (AvgIpc) is 3.16. The van der Waals surface area contributed by atoms with Gasteiger partial charge in [0.1, 0.15) is 10.6 Å². The molecular weight excluding hydrogens is 455 g/mol. The molecule has 0 fully saturated rings. The van der Waals surface area contributed by atoms with Crippen molar-refractivity contribution in [2.24, 2.45) is 0 Å². The second-order valence-electron chi connectivity index (χ2n) is 8.34.